The van der Waals surface area contributed by atoms with Gasteiger partial charge in [-0.15, -0.1) is 11.3 Å². The Bertz CT molecular complexity index is 517. The van der Waals surface area contributed by atoms with Crippen molar-refractivity contribution in [3.63, 3.8) is 0 Å². The fourth-order valence-electron chi connectivity index (χ4n) is 2.70. The maximum absolute atomic E-state index is 11.9. The van der Waals surface area contributed by atoms with Gasteiger partial charge in [0.15, 0.2) is 0 Å². The molecule has 0 saturated heterocycles. The molecule has 104 valence electrons. The summed E-state index contributed by atoms with van der Waals surface area (Å²) < 4.78 is 0. The number of aromatic carboxylic acids is 1. The van der Waals surface area contributed by atoms with Crippen molar-refractivity contribution in [2.75, 3.05) is 6.54 Å². The lowest BCUT2D eigenvalue weighted by Gasteiger charge is -2.04. The van der Waals surface area contributed by atoms with E-state index in [9.17, 15) is 9.59 Å². The number of carbonyl (C=O) groups is 2. The first-order chi connectivity index (χ1) is 8.68. The van der Waals surface area contributed by atoms with Crippen LogP contribution < -0.4 is 5.32 Å². The van der Waals surface area contributed by atoms with E-state index in [1.807, 2.05) is 0 Å². The van der Waals surface area contributed by atoms with Crippen LogP contribution in [0.1, 0.15) is 47.0 Å². The first-order valence-corrected chi connectivity index (χ1v) is 7.11. The van der Waals surface area contributed by atoms with Crippen LogP contribution in [0.4, 0.5) is 0 Å². The van der Waals surface area contributed by atoms with E-state index in [4.69, 9.17) is 5.11 Å². The molecule has 1 heterocycles. The molecular formula is C14H19NO3S. The number of amides is 1. The molecule has 0 aromatic carbocycles. The third-order valence-electron chi connectivity index (χ3n) is 4.83. The number of nitrogens with one attached hydrogen (secondary N) is 1. The number of hydrogen-bond acceptors (Lipinski definition) is 3. The van der Waals surface area contributed by atoms with Gasteiger partial charge in [-0.05, 0) is 28.9 Å². The van der Waals surface area contributed by atoms with Crippen molar-refractivity contribution >= 4 is 23.2 Å². The lowest BCUT2D eigenvalue weighted by atomic mass is 10.0. The Hall–Kier alpha value is -1.36. The fourth-order valence-corrected chi connectivity index (χ4v) is 3.46. The predicted molar refractivity (Wildman–Crippen MR) is 74.7 cm³/mol. The second-order valence-electron chi connectivity index (χ2n) is 6.18. The summed E-state index contributed by atoms with van der Waals surface area (Å²) in [4.78, 5) is 23.3. The highest BCUT2D eigenvalue weighted by molar-refractivity contribution is 7.15. The number of rotatable bonds is 4. The standard InChI is InChI=1S/C14H19NO3S/c1-13(2)10(14(13,3)4)7-15-11(16)8-5-6-9(19-8)12(17)18/h5-6,10H,7H2,1-4H3,(H,15,16)(H,17,18). The highest BCUT2D eigenvalue weighted by Gasteiger charge is 2.64. The van der Waals surface area contributed by atoms with E-state index in [0.29, 0.717) is 17.3 Å². The average Bonchev–Trinajstić information content (AvgIpc) is 2.72. The van der Waals surface area contributed by atoms with Crippen LogP contribution in [0.3, 0.4) is 0 Å². The van der Waals surface area contributed by atoms with Gasteiger partial charge in [-0.25, -0.2) is 4.79 Å². The Morgan fingerprint density at radius 3 is 2.16 bits per heavy atom. The van der Waals surface area contributed by atoms with Gasteiger partial charge in [-0.3, -0.25) is 4.79 Å². The Balaban J connectivity index is 1.94. The topological polar surface area (TPSA) is 66.4 Å². The van der Waals surface area contributed by atoms with E-state index < -0.39 is 5.97 Å². The molecule has 1 amide bonds. The molecule has 0 aliphatic heterocycles. The number of hydrogen-bond donors (Lipinski definition) is 2. The SMILES string of the molecule is CC1(C)C(CNC(=O)c2ccc(C(=O)O)s2)C1(C)C. The Morgan fingerprint density at radius 1 is 1.21 bits per heavy atom. The van der Waals surface area contributed by atoms with Gasteiger partial charge >= 0.3 is 5.97 Å². The molecule has 0 radical (unpaired) electrons. The minimum absolute atomic E-state index is 0.184. The van der Waals surface area contributed by atoms with Gasteiger partial charge in [0, 0.05) is 6.54 Å². The summed E-state index contributed by atoms with van der Waals surface area (Å²) >= 11 is 1.01. The van der Waals surface area contributed by atoms with Crippen LogP contribution in [-0.2, 0) is 0 Å². The molecule has 0 unspecified atom stereocenters. The van der Waals surface area contributed by atoms with Crippen molar-refractivity contribution in [1.82, 2.24) is 5.32 Å². The summed E-state index contributed by atoms with van der Waals surface area (Å²) in [6.45, 7) is 9.46. The zero-order valence-electron chi connectivity index (χ0n) is 11.6. The van der Waals surface area contributed by atoms with Gasteiger partial charge in [0.1, 0.15) is 4.88 Å². The average molecular weight is 281 g/mol. The molecule has 1 aromatic heterocycles. The zero-order chi connectivity index (χ0) is 14.4. The predicted octanol–water partition coefficient (Wildman–Crippen LogP) is 2.86. The van der Waals surface area contributed by atoms with Crippen LogP contribution in [0, 0.1) is 16.7 Å². The highest BCUT2D eigenvalue weighted by atomic mass is 32.1. The number of carbonyl (C=O) groups excluding carboxylic acids is 1. The van der Waals surface area contributed by atoms with E-state index >= 15 is 0 Å². The van der Waals surface area contributed by atoms with Gasteiger partial charge in [0.25, 0.3) is 5.91 Å². The minimum atomic E-state index is -0.992. The second-order valence-corrected chi connectivity index (χ2v) is 7.26. The van der Waals surface area contributed by atoms with E-state index in [2.05, 4.69) is 33.0 Å². The summed E-state index contributed by atoms with van der Waals surface area (Å²) in [7, 11) is 0. The van der Waals surface area contributed by atoms with Crippen LogP contribution in [0.25, 0.3) is 0 Å². The molecule has 1 fully saturated rings. The summed E-state index contributed by atoms with van der Waals surface area (Å²) in [5.74, 6) is -0.715. The quantitative estimate of drug-likeness (QED) is 0.891. The van der Waals surface area contributed by atoms with Gasteiger partial charge < -0.3 is 10.4 Å². The van der Waals surface area contributed by atoms with Crippen LogP contribution in [0.15, 0.2) is 12.1 Å². The molecular weight excluding hydrogens is 262 g/mol. The van der Waals surface area contributed by atoms with Gasteiger partial charge in [-0.1, -0.05) is 27.7 Å². The van der Waals surface area contributed by atoms with E-state index in [0.717, 1.165) is 11.3 Å². The first kappa shape index (κ1) is 14.1. The molecule has 2 N–H and O–H groups in total. The number of thiophene rings is 1. The Kier molecular flexibility index (Phi) is 3.21. The van der Waals surface area contributed by atoms with Gasteiger partial charge in [0.05, 0.1) is 4.88 Å². The first-order valence-electron chi connectivity index (χ1n) is 6.29. The van der Waals surface area contributed by atoms with Crippen LogP contribution >= 0.6 is 11.3 Å². The van der Waals surface area contributed by atoms with E-state index in [1.54, 1.807) is 6.07 Å². The largest absolute Gasteiger partial charge is 0.477 e. The van der Waals surface area contributed by atoms with Crippen molar-refractivity contribution in [3.8, 4) is 0 Å². The highest BCUT2D eigenvalue weighted by Crippen LogP contribution is 2.67. The molecule has 0 spiro atoms. The lowest BCUT2D eigenvalue weighted by molar-refractivity contribution is 0.0702. The molecule has 19 heavy (non-hydrogen) atoms. The zero-order valence-corrected chi connectivity index (χ0v) is 12.4. The summed E-state index contributed by atoms with van der Waals surface area (Å²) in [6.07, 6.45) is 0. The summed E-state index contributed by atoms with van der Waals surface area (Å²) in [5.41, 5.74) is 0.476. The smallest absolute Gasteiger partial charge is 0.345 e. The van der Waals surface area contributed by atoms with Gasteiger partial charge in [-0.2, -0.15) is 0 Å². The number of carboxylic acids is 1. The maximum atomic E-state index is 11.9. The summed E-state index contributed by atoms with van der Waals surface area (Å²) in [5, 5.41) is 11.7. The van der Waals surface area contributed by atoms with Crippen molar-refractivity contribution < 1.29 is 14.7 Å². The lowest BCUT2D eigenvalue weighted by Crippen LogP contribution is -2.26. The van der Waals surface area contributed by atoms with Gasteiger partial charge in [0.2, 0.25) is 0 Å². The molecule has 0 atom stereocenters. The molecule has 0 bridgehead atoms. The van der Waals surface area contributed by atoms with Crippen molar-refractivity contribution in [1.29, 1.82) is 0 Å². The fraction of sp³-hybridized carbons (Fsp3) is 0.571. The molecule has 1 aromatic rings. The Morgan fingerprint density at radius 2 is 1.74 bits per heavy atom. The molecule has 1 aliphatic rings. The molecule has 4 nitrogen and oxygen atoms in total. The van der Waals surface area contributed by atoms with Crippen molar-refractivity contribution in [3.05, 3.63) is 21.9 Å². The maximum Gasteiger partial charge on any atom is 0.345 e. The monoisotopic (exact) mass is 281 g/mol. The molecule has 1 aliphatic carbocycles. The Labute approximate surface area is 116 Å². The van der Waals surface area contributed by atoms with Crippen LogP contribution in [0.2, 0.25) is 0 Å². The van der Waals surface area contributed by atoms with E-state index in [1.165, 1.54) is 6.07 Å². The summed E-state index contributed by atoms with van der Waals surface area (Å²) in [6, 6.07) is 3.03. The van der Waals surface area contributed by atoms with Crippen molar-refractivity contribution in [2.24, 2.45) is 16.7 Å². The van der Waals surface area contributed by atoms with Crippen LogP contribution in [0.5, 0.6) is 0 Å². The molecule has 2 rings (SSSR count). The molecule has 5 heteroatoms. The van der Waals surface area contributed by atoms with Crippen LogP contribution in [-0.4, -0.2) is 23.5 Å². The molecule has 1 saturated carbocycles. The third-order valence-corrected chi connectivity index (χ3v) is 5.90. The second kappa shape index (κ2) is 4.34. The third kappa shape index (κ3) is 2.27. The van der Waals surface area contributed by atoms with Crippen molar-refractivity contribution in [2.45, 2.75) is 27.7 Å². The normalized spacial score (nSPS) is 20.0. The van der Waals surface area contributed by atoms with E-state index in [-0.39, 0.29) is 21.6 Å². The minimum Gasteiger partial charge on any atom is -0.477 e. The number of carboxylic acid groups (broad SMARTS) is 1.